The number of nitrogens with zero attached hydrogens (tertiary/aromatic N) is 2. The average Bonchev–Trinajstić information content (AvgIpc) is 2.81. The highest BCUT2D eigenvalue weighted by Gasteiger charge is 2.27. The number of halogens is 5. The highest BCUT2D eigenvalue weighted by molar-refractivity contribution is 7.89. The largest absolute Gasteiger partial charge is 0.405 e. The molecule has 0 aliphatic heterocycles. The molecule has 0 unspecified atom stereocenters. The molecule has 3 aromatic carbocycles. The van der Waals surface area contributed by atoms with Crippen LogP contribution < -0.4 is 15.8 Å². The topological polar surface area (TPSA) is 110 Å². The SMILES string of the molecule is NS(=O)(=O)c1cc(CNc2nc(NCC(F)(F)F)c3cc(-c4ccc(F)cc4)c#cc3n2)ccc1F. The van der Waals surface area contributed by atoms with E-state index in [-0.39, 0.29) is 29.2 Å². The minimum absolute atomic E-state index is 0.0929. The van der Waals surface area contributed by atoms with Crippen molar-refractivity contribution in [1.29, 1.82) is 0 Å². The zero-order valence-corrected chi connectivity index (χ0v) is 18.9. The van der Waals surface area contributed by atoms with Crippen LogP contribution in [-0.2, 0) is 16.6 Å². The van der Waals surface area contributed by atoms with Crippen LogP contribution in [0.5, 0.6) is 0 Å². The molecule has 13 heteroatoms. The van der Waals surface area contributed by atoms with Crippen LogP contribution in [0.1, 0.15) is 5.56 Å². The second-order valence-electron chi connectivity index (χ2n) is 7.61. The van der Waals surface area contributed by atoms with E-state index >= 15 is 0 Å². The molecule has 4 N–H and O–H groups in total. The molecule has 0 radical (unpaired) electrons. The minimum Gasteiger partial charge on any atom is -0.360 e. The Balaban J connectivity index is 1.68. The lowest BCUT2D eigenvalue weighted by Crippen LogP contribution is -2.22. The van der Waals surface area contributed by atoms with Gasteiger partial charge in [0.05, 0.1) is 5.39 Å². The molecule has 0 spiro atoms. The summed E-state index contributed by atoms with van der Waals surface area (Å²) in [5, 5.41) is 10.2. The smallest absolute Gasteiger partial charge is 0.360 e. The monoisotopic (exact) mass is 521 g/mol. The average molecular weight is 521 g/mol. The summed E-state index contributed by atoms with van der Waals surface area (Å²) in [6, 6.07) is 15.8. The summed E-state index contributed by atoms with van der Waals surface area (Å²) in [7, 11) is -4.31. The van der Waals surface area contributed by atoms with Crippen LogP contribution in [0, 0.1) is 23.8 Å². The molecule has 7 nitrogen and oxygen atoms in total. The number of primary sulfonamides is 1. The Morgan fingerprint density at radius 1 is 0.944 bits per heavy atom. The fraction of sp³-hybridized carbons (Fsp3) is 0.130. The van der Waals surface area contributed by atoms with E-state index < -0.39 is 39.3 Å². The van der Waals surface area contributed by atoms with Gasteiger partial charge in [-0.15, -0.1) is 0 Å². The lowest BCUT2D eigenvalue weighted by molar-refractivity contribution is -0.115. The number of rotatable bonds is 7. The maximum Gasteiger partial charge on any atom is 0.405 e. The third kappa shape index (κ3) is 5.96. The molecule has 36 heavy (non-hydrogen) atoms. The first-order chi connectivity index (χ1) is 16.9. The zero-order chi connectivity index (χ0) is 26.1. The van der Waals surface area contributed by atoms with Crippen molar-refractivity contribution in [3.63, 3.8) is 0 Å². The molecule has 1 heterocycles. The van der Waals surface area contributed by atoms with Gasteiger partial charge in [-0.1, -0.05) is 24.3 Å². The molecule has 0 atom stereocenters. The molecule has 0 saturated carbocycles. The second-order valence-corrected chi connectivity index (χ2v) is 9.13. The van der Waals surface area contributed by atoms with Crippen LogP contribution in [0.3, 0.4) is 0 Å². The summed E-state index contributed by atoms with van der Waals surface area (Å²) < 4.78 is 88.8. The summed E-state index contributed by atoms with van der Waals surface area (Å²) in [6.45, 7) is -1.47. The number of alkyl halides is 3. The van der Waals surface area contributed by atoms with Gasteiger partial charge in [-0.05, 0) is 47.5 Å². The molecule has 0 aliphatic rings. The first-order valence-electron chi connectivity index (χ1n) is 10.2. The summed E-state index contributed by atoms with van der Waals surface area (Å²) in [6.07, 6.45) is -4.53. The minimum atomic E-state index is -4.53. The van der Waals surface area contributed by atoms with Crippen molar-refractivity contribution < 1.29 is 30.4 Å². The normalized spacial score (nSPS) is 11.8. The second kappa shape index (κ2) is 9.56. The Morgan fingerprint density at radius 2 is 1.67 bits per heavy atom. The quantitative estimate of drug-likeness (QED) is 0.311. The Hall–Kier alpha value is -4.02. The highest BCUT2D eigenvalue weighted by Crippen LogP contribution is 2.27. The van der Waals surface area contributed by atoms with Gasteiger partial charge in [0, 0.05) is 12.1 Å². The van der Waals surface area contributed by atoms with Crippen molar-refractivity contribution >= 4 is 32.7 Å². The molecule has 186 valence electrons. The van der Waals surface area contributed by atoms with Gasteiger partial charge in [0.25, 0.3) is 0 Å². The first kappa shape index (κ1) is 25.1. The van der Waals surface area contributed by atoms with Crippen molar-refractivity contribution in [3.05, 3.63) is 77.9 Å². The third-order valence-electron chi connectivity index (χ3n) is 4.91. The van der Waals surface area contributed by atoms with Crippen molar-refractivity contribution in [2.45, 2.75) is 17.6 Å². The van der Waals surface area contributed by atoms with E-state index in [9.17, 15) is 30.4 Å². The Morgan fingerprint density at radius 3 is 2.33 bits per heavy atom. The predicted molar refractivity (Wildman–Crippen MR) is 122 cm³/mol. The summed E-state index contributed by atoms with van der Waals surface area (Å²) in [5.41, 5.74) is 1.42. The van der Waals surface area contributed by atoms with Crippen LogP contribution in [0.2, 0.25) is 0 Å². The molecule has 0 fully saturated rings. The van der Waals surface area contributed by atoms with Crippen molar-refractivity contribution in [2.24, 2.45) is 5.14 Å². The van der Waals surface area contributed by atoms with E-state index in [0.717, 1.165) is 12.1 Å². The lowest BCUT2D eigenvalue weighted by Gasteiger charge is -2.13. The lowest BCUT2D eigenvalue weighted by atomic mass is 10.1. The van der Waals surface area contributed by atoms with Gasteiger partial charge in [0.15, 0.2) is 0 Å². The molecular weight excluding hydrogens is 505 g/mol. The number of nitrogens with two attached hydrogens (primary N) is 1. The maximum atomic E-state index is 13.8. The number of hydrogen-bond acceptors (Lipinski definition) is 6. The maximum absolute atomic E-state index is 13.8. The van der Waals surface area contributed by atoms with Gasteiger partial charge in [-0.25, -0.2) is 27.3 Å². The fourth-order valence-corrected chi connectivity index (χ4v) is 3.90. The molecule has 0 saturated heterocycles. The van der Waals surface area contributed by atoms with Gasteiger partial charge in [-0.2, -0.15) is 18.2 Å². The predicted octanol–water partition coefficient (Wildman–Crippen LogP) is 4.41. The summed E-state index contributed by atoms with van der Waals surface area (Å²) in [4.78, 5) is 7.63. The standard InChI is InChI=1S/C23H16F5N5O2S/c24-16-5-2-14(3-6-16)15-4-8-19-17(10-15)21(31-12-23(26,27)28)33-22(32-19)30-11-13-1-7-18(25)20(9-13)36(29,34)35/h1-3,5-7,9-10H,11-12H2,(H2,29,34,35)(H2,30,31,32,33). The fourth-order valence-electron chi connectivity index (χ4n) is 3.25. The number of nitrogens with one attached hydrogen (secondary N) is 2. The van der Waals surface area contributed by atoms with E-state index in [2.05, 4.69) is 32.7 Å². The van der Waals surface area contributed by atoms with Crippen LogP contribution in [-0.4, -0.2) is 31.1 Å². The van der Waals surface area contributed by atoms with E-state index in [1.54, 1.807) is 0 Å². The zero-order valence-electron chi connectivity index (χ0n) is 18.1. The van der Waals surface area contributed by atoms with E-state index in [0.29, 0.717) is 16.7 Å². The number of aromatic nitrogens is 2. The van der Waals surface area contributed by atoms with E-state index in [1.807, 2.05) is 0 Å². The van der Waals surface area contributed by atoms with Gasteiger partial charge >= 0.3 is 6.18 Å². The molecular formula is C23H16F5N5O2S. The molecule has 4 rings (SSSR count). The van der Waals surface area contributed by atoms with Crippen molar-refractivity contribution in [1.82, 2.24) is 9.97 Å². The van der Waals surface area contributed by atoms with Crippen molar-refractivity contribution in [3.8, 4) is 11.1 Å². The van der Waals surface area contributed by atoms with Crippen LogP contribution >= 0.6 is 0 Å². The van der Waals surface area contributed by atoms with Crippen molar-refractivity contribution in [2.75, 3.05) is 17.2 Å². The molecule has 4 aromatic rings. The molecule has 1 aromatic heterocycles. The first-order valence-corrected chi connectivity index (χ1v) is 11.7. The summed E-state index contributed by atoms with van der Waals surface area (Å²) >= 11 is 0. The van der Waals surface area contributed by atoms with Crippen LogP contribution in [0.15, 0.2) is 53.4 Å². The molecule has 0 bridgehead atoms. The van der Waals surface area contributed by atoms with Crippen LogP contribution in [0.4, 0.5) is 33.7 Å². The third-order valence-corrected chi connectivity index (χ3v) is 5.84. The number of hydrogen-bond donors (Lipinski definition) is 3. The van der Waals surface area contributed by atoms with Gasteiger partial charge in [-0.3, -0.25) is 0 Å². The number of sulfonamides is 1. The highest BCUT2D eigenvalue weighted by atomic mass is 32.2. The Bertz CT molecular complexity index is 1530. The Kier molecular flexibility index (Phi) is 6.66. The number of benzene rings is 2. The van der Waals surface area contributed by atoms with Crippen LogP contribution in [0.25, 0.3) is 22.0 Å². The van der Waals surface area contributed by atoms with Gasteiger partial charge in [0.2, 0.25) is 16.0 Å². The van der Waals surface area contributed by atoms with E-state index in [1.165, 1.54) is 36.4 Å². The Labute approximate surface area is 202 Å². The molecule has 0 amide bonds. The number of anilines is 2. The van der Waals surface area contributed by atoms with Gasteiger partial charge < -0.3 is 10.6 Å². The van der Waals surface area contributed by atoms with E-state index in [4.69, 9.17) is 5.14 Å². The number of fused-ring (bicyclic) bond motifs is 1. The summed E-state index contributed by atoms with van der Waals surface area (Å²) in [5.74, 6) is -1.73. The van der Waals surface area contributed by atoms with Gasteiger partial charge in [0.1, 0.15) is 34.4 Å². The molecule has 0 aliphatic carbocycles.